The van der Waals surface area contributed by atoms with Gasteiger partial charge in [0.1, 0.15) is 5.82 Å². The quantitative estimate of drug-likeness (QED) is 0.687. The van der Waals surface area contributed by atoms with Gasteiger partial charge in [-0.3, -0.25) is 4.68 Å². The Kier molecular flexibility index (Phi) is 1.79. The van der Waals surface area contributed by atoms with Crippen molar-refractivity contribution in [1.29, 1.82) is 0 Å². The molecule has 3 heteroatoms. The van der Waals surface area contributed by atoms with Gasteiger partial charge in [-0.2, -0.15) is 5.10 Å². The maximum atomic E-state index is 5.71. The lowest BCUT2D eigenvalue weighted by atomic mass is 10.1. The molecular formula is C9H15N3. The van der Waals surface area contributed by atoms with Crippen LogP contribution < -0.4 is 5.73 Å². The first-order valence-electron chi connectivity index (χ1n) is 4.57. The third-order valence-corrected chi connectivity index (χ3v) is 2.71. The fraction of sp³-hybridized carbons (Fsp3) is 0.667. The van der Waals surface area contributed by atoms with E-state index in [1.165, 1.54) is 31.4 Å². The van der Waals surface area contributed by atoms with Crippen molar-refractivity contribution >= 4 is 5.82 Å². The van der Waals surface area contributed by atoms with Crippen molar-refractivity contribution in [2.45, 2.75) is 31.6 Å². The molecule has 1 heterocycles. The molecule has 3 nitrogen and oxygen atoms in total. The Bertz CT molecular complexity index is 252. The topological polar surface area (TPSA) is 43.8 Å². The summed E-state index contributed by atoms with van der Waals surface area (Å²) >= 11 is 0. The molecule has 2 rings (SSSR count). The van der Waals surface area contributed by atoms with E-state index in [-0.39, 0.29) is 0 Å². The van der Waals surface area contributed by atoms with Gasteiger partial charge in [0.25, 0.3) is 0 Å². The van der Waals surface area contributed by atoms with Crippen LogP contribution in [0.15, 0.2) is 6.07 Å². The summed E-state index contributed by atoms with van der Waals surface area (Å²) in [6.07, 6.45) is 5.27. The molecule has 12 heavy (non-hydrogen) atoms. The summed E-state index contributed by atoms with van der Waals surface area (Å²) in [7, 11) is 1.90. The second-order valence-electron chi connectivity index (χ2n) is 3.60. The molecule has 66 valence electrons. The number of aryl methyl sites for hydroxylation is 1. The number of nitrogen functional groups attached to an aromatic ring is 1. The van der Waals surface area contributed by atoms with E-state index in [1.54, 1.807) is 4.68 Å². The standard InChI is InChI=1S/C9H15N3/c1-12-9(10)6-8(11-12)7-4-2-3-5-7/h6-7H,2-5,10H2,1H3. The molecule has 1 aromatic heterocycles. The van der Waals surface area contributed by atoms with Crippen molar-refractivity contribution in [2.24, 2.45) is 7.05 Å². The first-order valence-corrected chi connectivity index (χ1v) is 4.57. The molecule has 0 spiro atoms. The van der Waals surface area contributed by atoms with Gasteiger partial charge in [0.2, 0.25) is 0 Å². The SMILES string of the molecule is Cn1nc(C2CCCC2)cc1N. The van der Waals surface area contributed by atoms with Crippen LogP contribution in [0.5, 0.6) is 0 Å². The van der Waals surface area contributed by atoms with Crippen LogP contribution in [-0.4, -0.2) is 9.78 Å². The summed E-state index contributed by atoms with van der Waals surface area (Å²) in [5.74, 6) is 1.45. The monoisotopic (exact) mass is 165 g/mol. The maximum absolute atomic E-state index is 5.71. The van der Waals surface area contributed by atoms with Gasteiger partial charge < -0.3 is 5.73 Å². The van der Waals surface area contributed by atoms with E-state index in [9.17, 15) is 0 Å². The molecule has 0 atom stereocenters. The summed E-state index contributed by atoms with van der Waals surface area (Å²) in [4.78, 5) is 0. The molecule has 0 bridgehead atoms. The zero-order valence-corrected chi connectivity index (χ0v) is 7.45. The fourth-order valence-electron chi connectivity index (χ4n) is 1.93. The molecule has 1 aromatic rings. The fourth-order valence-corrected chi connectivity index (χ4v) is 1.93. The van der Waals surface area contributed by atoms with Crippen molar-refractivity contribution in [2.75, 3.05) is 5.73 Å². The summed E-state index contributed by atoms with van der Waals surface area (Å²) in [6.45, 7) is 0. The summed E-state index contributed by atoms with van der Waals surface area (Å²) < 4.78 is 1.76. The normalized spacial score (nSPS) is 18.8. The van der Waals surface area contributed by atoms with Crippen LogP contribution in [0, 0.1) is 0 Å². The molecule has 0 saturated heterocycles. The Hall–Kier alpha value is -0.990. The van der Waals surface area contributed by atoms with Gasteiger partial charge in [-0.05, 0) is 12.8 Å². The van der Waals surface area contributed by atoms with E-state index in [0.29, 0.717) is 5.92 Å². The number of hydrogen-bond donors (Lipinski definition) is 1. The molecule has 1 fully saturated rings. The van der Waals surface area contributed by atoms with Crippen LogP contribution in [-0.2, 0) is 7.05 Å². The van der Waals surface area contributed by atoms with Crippen molar-refractivity contribution < 1.29 is 0 Å². The van der Waals surface area contributed by atoms with E-state index < -0.39 is 0 Å². The second kappa shape index (κ2) is 2.81. The number of nitrogens with two attached hydrogens (primary N) is 1. The molecule has 0 aliphatic heterocycles. The third kappa shape index (κ3) is 1.19. The molecule has 1 aliphatic rings. The highest BCUT2D eigenvalue weighted by molar-refractivity contribution is 5.32. The van der Waals surface area contributed by atoms with Gasteiger partial charge in [-0.1, -0.05) is 12.8 Å². The molecule has 0 aromatic carbocycles. The van der Waals surface area contributed by atoms with Crippen molar-refractivity contribution in [3.63, 3.8) is 0 Å². The molecule has 0 radical (unpaired) electrons. The molecule has 0 unspecified atom stereocenters. The number of aromatic nitrogens is 2. The number of nitrogens with zero attached hydrogens (tertiary/aromatic N) is 2. The van der Waals surface area contributed by atoms with E-state index >= 15 is 0 Å². The minimum absolute atomic E-state index is 0.675. The van der Waals surface area contributed by atoms with Crippen LogP contribution in [0.3, 0.4) is 0 Å². The lowest BCUT2D eigenvalue weighted by molar-refractivity contribution is 0.660. The zero-order valence-electron chi connectivity index (χ0n) is 7.45. The summed E-state index contributed by atoms with van der Waals surface area (Å²) in [6, 6.07) is 2.01. The van der Waals surface area contributed by atoms with Gasteiger partial charge in [-0.25, -0.2) is 0 Å². The van der Waals surface area contributed by atoms with Crippen molar-refractivity contribution in [3.8, 4) is 0 Å². The van der Waals surface area contributed by atoms with Crippen LogP contribution >= 0.6 is 0 Å². The van der Waals surface area contributed by atoms with Gasteiger partial charge in [0, 0.05) is 19.0 Å². The van der Waals surface area contributed by atoms with E-state index in [2.05, 4.69) is 5.10 Å². The number of rotatable bonds is 1. The van der Waals surface area contributed by atoms with E-state index in [1.807, 2.05) is 13.1 Å². The third-order valence-electron chi connectivity index (χ3n) is 2.71. The molecular weight excluding hydrogens is 150 g/mol. The first-order chi connectivity index (χ1) is 5.77. The number of anilines is 1. The number of hydrogen-bond acceptors (Lipinski definition) is 2. The van der Waals surface area contributed by atoms with Crippen LogP contribution in [0.4, 0.5) is 5.82 Å². The van der Waals surface area contributed by atoms with Crippen LogP contribution in [0.25, 0.3) is 0 Å². The lowest BCUT2D eigenvalue weighted by Gasteiger charge is -2.02. The predicted octanol–water partition coefficient (Wildman–Crippen LogP) is 1.66. The van der Waals surface area contributed by atoms with Gasteiger partial charge in [0.05, 0.1) is 5.69 Å². The molecule has 1 aliphatic carbocycles. The Balaban J connectivity index is 2.21. The molecule has 0 amide bonds. The van der Waals surface area contributed by atoms with E-state index in [4.69, 9.17) is 5.73 Å². The second-order valence-corrected chi connectivity index (χ2v) is 3.60. The average Bonchev–Trinajstić information content (AvgIpc) is 2.61. The van der Waals surface area contributed by atoms with Crippen LogP contribution in [0.2, 0.25) is 0 Å². The summed E-state index contributed by atoms with van der Waals surface area (Å²) in [5, 5.41) is 4.38. The van der Waals surface area contributed by atoms with Gasteiger partial charge in [-0.15, -0.1) is 0 Å². The minimum Gasteiger partial charge on any atom is -0.384 e. The lowest BCUT2D eigenvalue weighted by Crippen LogP contribution is -1.98. The van der Waals surface area contributed by atoms with Gasteiger partial charge in [0.15, 0.2) is 0 Å². The zero-order chi connectivity index (χ0) is 8.55. The Morgan fingerprint density at radius 3 is 2.67 bits per heavy atom. The van der Waals surface area contributed by atoms with Crippen molar-refractivity contribution in [3.05, 3.63) is 11.8 Å². The van der Waals surface area contributed by atoms with E-state index in [0.717, 1.165) is 5.82 Å². The highest BCUT2D eigenvalue weighted by atomic mass is 15.3. The Labute approximate surface area is 72.6 Å². The highest BCUT2D eigenvalue weighted by Crippen LogP contribution is 2.33. The average molecular weight is 165 g/mol. The smallest absolute Gasteiger partial charge is 0.121 e. The van der Waals surface area contributed by atoms with Gasteiger partial charge >= 0.3 is 0 Å². The first kappa shape index (κ1) is 7.65. The maximum Gasteiger partial charge on any atom is 0.121 e. The van der Waals surface area contributed by atoms with Crippen molar-refractivity contribution in [1.82, 2.24) is 9.78 Å². The Morgan fingerprint density at radius 1 is 1.50 bits per heavy atom. The summed E-state index contributed by atoms with van der Waals surface area (Å²) in [5.41, 5.74) is 6.90. The van der Waals surface area contributed by atoms with Crippen LogP contribution in [0.1, 0.15) is 37.3 Å². The molecule has 1 saturated carbocycles. The highest BCUT2D eigenvalue weighted by Gasteiger charge is 2.19. The minimum atomic E-state index is 0.675. The predicted molar refractivity (Wildman–Crippen MR) is 48.8 cm³/mol. The largest absolute Gasteiger partial charge is 0.384 e. The molecule has 2 N–H and O–H groups in total. The Morgan fingerprint density at radius 2 is 2.17 bits per heavy atom.